The molecule has 0 radical (unpaired) electrons. The van der Waals surface area contributed by atoms with Crippen LogP contribution in [0.1, 0.15) is 25.3 Å². The van der Waals surface area contributed by atoms with Gasteiger partial charge in [0.1, 0.15) is 5.75 Å². The summed E-state index contributed by atoms with van der Waals surface area (Å²) in [5.74, 6) is 1.00. The molecule has 0 spiro atoms. The highest BCUT2D eigenvalue weighted by Crippen LogP contribution is 2.32. The topological polar surface area (TPSA) is 30.5 Å². The molecule has 1 aromatic carbocycles. The molecular formula is C15H21NO2. The summed E-state index contributed by atoms with van der Waals surface area (Å²) in [5.41, 5.74) is 2.92. The van der Waals surface area contributed by atoms with Crippen molar-refractivity contribution < 1.29 is 9.47 Å². The van der Waals surface area contributed by atoms with Crippen molar-refractivity contribution in [3.63, 3.8) is 0 Å². The predicted octanol–water partition coefficient (Wildman–Crippen LogP) is 2.85. The van der Waals surface area contributed by atoms with E-state index in [0.717, 1.165) is 51.4 Å². The lowest BCUT2D eigenvalue weighted by molar-refractivity contribution is 0.000304. The number of nitrogens with one attached hydrogen (secondary N) is 1. The van der Waals surface area contributed by atoms with E-state index in [2.05, 4.69) is 30.4 Å². The summed E-state index contributed by atoms with van der Waals surface area (Å²) in [6.07, 6.45) is 3.30. The van der Waals surface area contributed by atoms with Gasteiger partial charge in [0.15, 0.2) is 0 Å². The van der Waals surface area contributed by atoms with Gasteiger partial charge in [-0.25, -0.2) is 0 Å². The zero-order valence-corrected chi connectivity index (χ0v) is 11.0. The van der Waals surface area contributed by atoms with E-state index in [9.17, 15) is 0 Å². The number of rotatable bonds is 3. The van der Waals surface area contributed by atoms with Crippen molar-refractivity contribution in [2.45, 2.75) is 26.2 Å². The predicted molar refractivity (Wildman–Crippen MR) is 72.3 cm³/mol. The highest BCUT2D eigenvalue weighted by Gasteiger charge is 2.28. The Morgan fingerprint density at radius 3 is 3.00 bits per heavy atom. The Morgan fingerprint density at radius 2 is 2.17 bits per heavy atom. The van der Waals surface area contributed by atoms with Crippen LogP contribution in [0.3, 0.4) is 0 Å². The van der Waals surface area contributed by atoms with Crippen LogP contribution in [0.4, 0.5) is 5.69 Å². The summed E-state index contributed by atoms with van der Waals surface area (Å²) in [5, 5.41) is 3.37. The van der Waals surface area contributed by atoms with Crippen LogP contribution in [-0.4, -0.2) is 26.4 Å². The summed E-state index contributed by atoms with van der Waals surface area (Å²) in [7, 11) is 0. The molecule has 0 atom stereocenters. The van der Waals surface area contributed by atoms with Crippen LogP contribution >= 0.6 is 0 Å². The molecule has 0 saturated carbocycles. The van der Waals surface area contributed by atoms with Gasteiger partial charge in [0, 0.05) is 30.9 Å². The molecule has 1 saturated heterocycles. The second-order valence-electron chi connectivity index (χ2n) is 5.71. The molecule has 1 N–H and O–H groups in total. The van der Waals surface area contributed by atoms with Crippen LogP contribution in [-0.2, 0) is 11.2 Å². The fourth-order valence-electron chi connectivity index (χ4n) is 2.64. The fraction of sp³-hybridized carbons (Fsp3) is 0.600. The Balaban J connectivity index is 1.62. The van der Waals surface area contributed by atoms with Crippen molar-refractivity contribution in [1.29, 1.82) is 0 Å². The van der Waals surface area contributed by atoms with E-state index in [-0.39, 0.29) is 5.41 Å². The van der Waals surface area contributed by atoms with Crippen molar-refractivity contribution in [2.24, 2.45) is 5.41 Å². The number of fused-ring (bicyclic) bond motifs is 1. The van der Waals surface area contributed by atoms with E-state index in [1.54, 1.807) is 0 Å². The van der Waals surface area contributed by atoms with Gasteiger partial charge in [-0.05, 0) is 43.0 Å². The first-order chi connectivity index (χ1) is 8.75. The van der Waals surface area contributed by atoms with Crippen molar-refractivity contribution in [1.82, 2.24) is 0 Å². The summed E-state index contributed by atoms with van der Waals surface area (Å²) in [6, 6.07) is 6.38. The van der Waals surface area contributed by atoms with Gasteiger partial charge in [-0.3, -0.25) is 0 Å². The van der Waals surface area contributed by atoms with Crippen LogP contribution in [0.15, 0.2) is 18.2 Å². The standard InChI is InChI=1S/C15H21NO2/c1-15(5-8-17-9-6-15)11-18-13-2-3-14-12(10-13)4-7-16-14/h2-3,10,16H,4-9,11H2,1H3. The quantitative estimate of drug-likeness (QED) is 0.891. The maximum atomic E-state index is 5.99. The van der Waals surface area contributed by atoms with Gasteiger partial charge >= 0.3 is 0 Å². The first kappa shape index (κ1) is 11.8. The average molecular weight is 247 g/mol. The summed E-state index contributed by atoms with van der Waals surface area (Å²) < 4.78 is 11.4. The minimum Gasteiger partial charge on any atom is -0.493 e. The minimum absolute atomic E-state index is 0.273. The molecule has 0 unspecified atom stereocenters. The van der Waals surface area contributed by atoms with Crippen LogP contribution in [0.2, 0.25) is 0 Å². The summed E-state index contributed by atoms with van der Waals surface area (Å²) in [6.45, 7) is 5.88. The van der Waals surface area contributed by atoms with Crippen molar-refractivity contribution in [2.75, 3.05) is 31.7 Å². The third-order valence-electron chi connectivity index (χ3n) is 4.07. The van der Waals surface area contributed by atoms with Gasteiger partial charge in [0.05, 0.1) is 6.61 Å². The van der Waals surface area contributed by atoms with E-state index < -0.39 is 0 Å². The molecule has 0 amide bonds. The van der Waals surface area contributed by atoms with Gasteiger partial charge in [-0.15, -0.1) is 0 Å². The number of ether oxygens (including phenoxy) is 2. The zero-order chi connectivity index (χ0) is 12.4. The number of hydrogen-bond donors (Lipinski definition) is 1. The second-order valence-corrected chi connectivity index (χ2v) is 5.71. The SMILES string of the molecule is CC1(COc2ccc3c(c2)CCN3)CCOCC1. The third-order valence-corrected chi connectivity index (χ3v) is 4.07. The Labute approximate surface area is 108 Å². The molecule has 0 bridgehead atoms. The van der Waals surface area contributed by atoms with Gasteiger partial charge in [-0.2, -0.15) is 0 Å². The maximum Gasteiger partial charge on any atom is 0.119 e. The molecule has 3 heteroatoms. The van der Waals surface area contributed by atoms with E-state index in [1.165, 1.54) is 11.3 Å². The molecule has 1 aromatic rings. The van der Waals surface area contributed by atoms with Gasteiger partial charge in [-0.1, -0.05) is 6.92 Å². The fourth-order valence-corrected chi connectivity index (χ4v) is 2.64. The van der Waals surface area contributed by atoms with Crippen molar-refractivity contribution in [3.05, 3.63) is 23.8 Å². The molecule has 0 aliphatic carbocycles. The molecule has 3 nitrogen and oxygen atoms in total. The number of anilines is 1. The maximum absolute atomic E-state index is 5.99. The number of hydrogen-bond acceptors (Lipinski definition) is 3. The Morgan fingerprint density at radius 1 is 1.33 bits per heavy atom. The summed E-state index contributed by atoms with van der Waals surface area (Å²) >= 11 is 0. The molecule has 18 heavy (non-hydrogen) atoms. The van der Waals surface area contributed by atoms with Crippen molar-refractivity contribution >= 4 is 5.69 Å². The molecule has 3 rings (SSSR count). The number of benzene rings is 1. The lowest BCUT2D eigenvalue weighted by Gasteiger charge is -2.33. The molecule has 1 fully saturated rings. The smallest absolute Gasteiger partial charge is 0.119 e. The monoisotopic (exact) mass is 247 g/mol. The zero-order valence-electron chi connectivity index (χ0n) is 11.0. The third kappa shape index (κ3) is 2.46. The lowest BCUT2D eigenvalue weighted by Crippen LogP contribution is -2.32. The van der Waals surface area contributed by atoms with Crippen LogP contribution in [0.25, 0.3) is 0 Å². The van der Waals surface area contributed by atoms with E-state index in [0.29, 0.717) is 0 Å². The molecule has 2 aliphatic heterocycles. The van der Waals surface area contributed by atoms with Crippen LogP contribution in [0, 0.1) is 5.41 Å². The Bertz CT molecular complexity index is 425. The minimum atomic E-state index is 0.273. The highest BCUT2D eigenvalue weighted by molar-refractivity contribution is 5.57. The largest absolute Gasteiger partial charge is 0.493 e. The summed E-state index contributed by atoms with van der Waals surface area (Å²) in [4.78, 5) is 0. The van der Waals surface area contributed by atoms with E-state index in [4.69, 9.17) is 9.47 Å². The van der Waals surface area contributed by atoms with Crippen LogP contribution < -0.4 is 10.1 Å². The Kier molecular flexibility index (Phi) is 3.16. The molecule has 0 aromatic heterocycles. The first-order valence-electron chi connectivity index (χ1n) is 6.83. The van der Waals surface area contributed by atoms with E-state index in [1.807, 2.05) is 0 Å². The van der Waals surface area contributed by atoms with Gasteiger partial charge in [0.25, 0.3) is 0 Å². The van der Waals surface area contributed by atoms with Gasteiger partial charge in [0.2, 0.25) is 0 Å². The molecule has 98 valence electrons. The van der Waals surface area contributed by atoms with Gasteiger partial charge < -0.3 is 14.8 Å². The normalized spacial score (nSPS) is 21.2. The molecular weight excluding hydrogens is 226 g/mol. The highest BCUT2D eigenvalue weighted by atomic mass is 16.5. The van der Waals surface area contributed by atoms with E-state index >= 15 is 0 Å². The lowest BCUT2D eigenvalue weighted by atomic mass is 9.83. The second kappa shape index (κ2) is 4.81. The Hall–Kier alpha value is -1.22. The first-order valence-corrected chi connectivity index (χ1v) is 6.83. The van der Waals surface area contributed by atoms with Crippen molar-refractivity contribution in [3.8, 4) is 5.75 Å². The van der Waals surface area contributed by atoms with Crippen LogP contribution in [0.5, 0.6) is 5.75 Å². The molecule has 2 aliphatic rings. The average Bonchev–Trinajstić information content (AvgIpc) is 2.85. The molecule has 2 heterocycles.